The van der Waals surface area contributed by atoms with Gasteiger partial charge in [0.15, 0.2) is 0 Å². The van der Waals surface area contributed by atoms with E-state index in [1.165, 1.54) is 31.3 Å². The summed E-state index contributed by atoms with van der Waals surface area (Å²) in [5.41, 5.74) is 8.87. The Balaban J connectivity index is 2.24. The van der Waals surface area contributed by atoms with Gasteiger partial charge in [0.2, 0.25) is 0 Å². The second kappa shape index (κ2) is 7.34. The van der Waals surface area contributed by atoms with Gasteiger partial charge in [0.1, 0.15) is 11.5 Å². The lowest BCUT2D eigenvalue weighted by molar-refractivity contribution is 0.393. The van der Waals surface area contributed by atoms with Gasteiger partial charge in [-0.15, -0.1) is 0 Å². The van der Waals surface area contributed by atoms with Crippen molar-refractivity contribution in [1.29, 1.82) is 0 Å². The number of hydrogen-bond donors (Lipinski definition) is 1. The molecule has 2 N–H and O–H groups in total. The molecule has 1 aromatic carbocycles. The van der Waals surface area contributed by atoms with Crippen LogP contribution >= 0.6 is 0 Å². The fourth-order valence-corrected chi connectivity index (χ4v) is 2.72. The van der Waals surface area contributed by atoms with Crippen LogP contribution in [-0.4, -0.2) is 14.2 Å². The molecule has 0 spiro atoms. The van der Waals surface area contributed by atoms with E-state index in [-0.39, 0.29) is 6.04 Å². The number of benzene rings is 1. The average molecular weight is 275 g/mol. The van der Waals surface area contributed by atoms with Gasteiger partial charge in [-0.1, -0.05) is 24.5 Å². The monoisotopic (exact) mass is 275 g/mol. The van der Waals surface area contributed by atoms with Gasteiger partial charge in [-0.2, -0.15) is 0 Å². The molecule has 3 heteroatoms. The van der Waals surface area contributed by atoms with Crippen LogP contribution in [0.5, 0.6) is 11.5 Å². The number of methoxy groups -OCH3 is 2. The Morgan fingerprint density at radius 1 is 0.950 bits per heavy atom. The maximum atomic E-state index is 6.46. The molecule has 110 valence electrons. The zero-order valence-electron chi connectivity index (χ0n) is 12.5. The Morgan fingerprint density at radius 2 is 1.60 bits per heavy atom. The van der Waals surface area contributed by atoms with Gasteiger partial charge in [-0.3, -0.25) is 0 Å². The maximum absolute atomic E-state index is 6.46. The average Bonchev–Trinajstić information content (AvgIpc) is 2.45. The summed E-state index contributed by atoms with van der Waals surface area (Å²) in [5.74, 6) is 1.59. The predicted molar refractivity (Wildman–Crippen MR) is 82.3 cm³/mol. The van der Waals surface area contributed by atoms with E-state index in [2.05, 4.69) is 6.08 Å². The highest BCUT2D eigenvalue weighted by Gasteiger charge is 2.15. The maximum Gasteiger partial charge on any atom is 0.122 e. The Bertz CT molecular complexity index is 446. The number of ether oxygens (including phenoxy) is 2. The second-order valence-electron chi connectivity index (χ2n) is 5.36. The summed E-state index contributed by atoms with van der Waals surface area (Å²) in [6.07, 6.45) is 9.73. The van der Waals surface area contributed by atoms with E-state index in [1.807, 2.05) is 18.2 Å². The topological polar surface area (TPSA) is 44.5 Å². The summed E-state index contributed by atoms with van der Waals surface area (Å²) in [6, 6.07) is 5.83. The van der Waals surface area contributed by atoms with E-state index in [0.717, 1.165) is 29.9 Å². The Hall–Kier alpha value is -1.48. The number of nitrogens with two attached hydrogens (primary N) is 1. The molecule has 0 saturated carbocycles. The summed E-state index contributed by atoms with van der Waals surface area (Å²) in [4.78, 5) is 0. The van der Waals surface area contributed by atoms with E-state index in [9.17, 15) is 0 Å². The molecule has 0 aliphatic heterocycles. The second-order valence-corrected chi connectivity index (χ2v) is 5.36. The molecule has 1 atom stereocenters. The minimum Gasteiger partial charge on any atom is -0.497 e. The van der Waals surface area contributed by atoms with Crippen molar-refractivity contribution in [3.05, 3.63) is 35.4 Å². The molecular formula is C17H25NO2. The molecule has 1 aromatic rings. The van der Waals surface area contributed by atoms with Crippen molar-refractivity contribution in [2.24, 2.45) is 5.73 Å². The number of allylic oxidation sites excluding steroid dienone is 1. The van der Waals surface area contributed by atoms with Crippen LogP contribution in [0.15, 0.2) is 29.8 Å². The van der Waals surface area contributed by atoms with Crippen LogP contribution in [0.1, 0.15) is 50.1 Å². The quantitative estimate of drug-likeness (QED) is 0.845. The standard InChI is InChI=1S/C17H25NO2/c1-19-15-10-14(11-16(12-15)20-2)17(18)13-8-6-4-3-5-7-9-13/h8,10-12,17H,3-7,9,18H2,1-2H3/b13-8+. The molecule has 0 bridgehead atoms. The van der Waals surface area contributed by atoms with Gasteiger partial charge < -0.3 is 15.2 Å². The lowest BCUT2D eigenvalue weighted by atomic mass is 9.91. The van der Waals surface area contributed by atoms with Crippen LogP contribution in [0.25, 0.3) is 0 Å². The van der Waals surface area contributed by atoms with Crippen molar-refractivity contribution >= 4 is 0 Å². The van der Waals surface area contributed by atoms with Gasteiger partial charge in [0, 0.05) is 6.07 Å². The van der Waals surface area contributed by atoms with Crippen LogP contribution in [0, 0.1) is 0 Å². The molecular weight excluding hydrogens is 250 g/mol. The van der Waals surface area contributed by atoms with E-state index in [4.69, 9.17) is 15.2 Å². The van der Waals surface area contributed by atoms with Crippen molar-refractivity contribution in [2.45, 2.75) is 44.6 Å². The molecule has 1 aliphatic rings. The van der Waals surface area contributed by atoms with Crippen molar-refractivity contribution in [3.8, 4) is 11.5 Å². The molecule has 0 radical (unpaired) electrons. The Labute approximate surface area is 121 Å². The fraction of sp³-hybridized carbons (Fsp3) is 0.529. The van der Waals surface area contributed by atoms with Crippen molar-refractivity contribution < 1.29 is 9.47 Å². The first-order valence-electron chi connectivity index (χ1n) is 7.42. The van der Waals surface area contributed by atoms with Gasteiger partial charge in [0.25, 0.3) is 0 Å². The van der Waals surface area contributed by atoms with E-state index < -0.39 is 0 Å². The van der Waals surface area contributed by atoms with Crippen LogP contribution in [-0.2, 0) is 0 Å². The third kappa shape index (κ3) is 3.76. The van der Waals surface area contributed by atoms with Gasteiger partial charge in [-0.05, 0) is 43.4 Å². The summed E-state index contributed by atoms with van der Waals surface area (Å²) in [7, 11) is 3.33. The zero-order chi connectivity index (χ0) is 14.4. The molecule has 0 fully saturated rings. The smallest absolute Gasteiger partial charge is 0.122 e. The highest BCUT2D eigenvalue weighted by Crippen LogP contribution is 2.31. The zero-order valence-corrected chi connectivity index (χ0v) is 12.5. The molecule has 0 amide bonds. The number of rotatable bonds is 4. The lowest BCUT2D eigenvalue weighted by Gasteiger charge is -2.20. The summed E-state index contributed by atoms with van der Waals surface area (Å²) >= 11 is 0. The third-order valence-electron chi connectivity index (χ3n) is 3.96. The lowest BCUT2D eigenvalue weighted by Crippen LogP contribution is -2.14. The third-order valence-corrected chi connectivity index (χ3v) is 3.96. The van der Waals surface area contributed by atoms with Crippen molar-refractivity contribution in [3.63, 3.8) is 0 Å². The number of hydrogen-bond acceptors (Lipinski definition) is 3. The molecule has 2 rings (SSSR count). The molecule has 20 heavy (non-hydrogen) atoms. The summed E-state index contributed by atoms with van der Waals surface area (Å²) in [6.45, 7) is 0. The highest BCUT2D eigenvalue weighted by atomic mass is 16.5. The SMILES string of the molecule is COc1cc(OC)cc(C(N)/C2=C/CCCCCC2)c1. The van der Waals surface area contributed by atoms with Crippen LogP contribution < -0.4 is 15.2 Å². The van der Waals surface area contributed by atoms with Crippen molar-refractivity contribution in [1.82, 2.24) is 0 Å². The van der Waals surface area contributed by atoms with Gasteiger partial charge in [0.05, 0.1) is 20.3 Å². The van der Waals surface area contributed by atoms with E-state index in [1.54, 1.807) is 14.2 Å². The van der Waals surface area contributed by atoms with Gasteiger partial charge >= 0.3 is 0 Å². The molecule has 0 aromatic heterocycles. The van der Waals surface area contributed by atoms with Crippen LogP contribution in [0.4, 0.5) is 0 Å². The normalized spacial score (nSPS) is 20.2. The summed E-state index contributed by atoms with van der Waals surface area (Å²) in [5, 5.41) is 0. The van der Waals surface area contributed by atoms with Crippen LogP contribution in [0.2, 0.25) is 0 Å². The van der Waals surface area contributed by atoms with Gasteiger partial charge in [-0.25, -0.2) is 0 Å². The predicted octanol–water partition coefficient (Wildman–Crippen LogP) is 3.98. The minimum absolute atomic E-state index is 0.0582. The van der Waals surface area contributed by atoms with E-state index in [0.29, 0.717) is 0 Å². The Kier molecular flexibility index (Phi) is 5.48. The van der Waals surface area contributed by atoms with Crippen LogP contribution in [0.3, 0.4) is 0 Å². The first kappa shape index (κ1) is 14.9. The molecule has 1 unspecified atom stereocenters. The summed E-state index contributed by atoms with van der Waals surface area (Å²) < 4.78 is 10.6. The first-order chi connectivity index (χ1) is 9.74. The first-order valence-corrected chi connectivity index (χ1v) is 7.42. The highest BCUT2D eigenvalue weighted by molar-refractivity contribution is 5.42. The molecule has 1 aliphatic carbocycles. The molecule has 0 saturated heterocycles. The van der Waals surface area contributed by atoms with E-state index >= 15 is 0 Å². The molecule has 0 heterocycles. The van der Waals surface area contributed by atoms with Crippen molar-refractivity contribution in [2.75, 3.05) is 14.2 Å². The Morgan fingerprint density at radius 3 is 2.25 bits per heavy atom. The minimum atomic E-state index is -0.0582. The fourth-order valence-electron chi connectivity index (χ4n) is 2.72. The molecule has 3 nitrogen and oxygen atoms in total. The largest absolute Gasteiger partial charge is 0.497 e.